The third-order valence-electron chi connectivity index (χ3n) is 3.49. The molecule has 0 amide bonds. The molecule has 3 aromatic rings. The third-order valence-corrected chi connectivity index (χ3v) is 5.66. The van der Waals surface area contributed by atoms with Gasteiger partial charge in [-0.3, -0.25) is 4.79 Å². The highest BCUT2D eigenvalue weighted by Crippen LogP contribution is 2.29. The summed E-state index contributed by atoms with van der Waals surface area (Å²) in [5.41, 5.74) is 0.176. The van der Waals surface area contributed by atoms with Crippen LogP contribution in [0.25, 0.3) is 10.2 Å². The maximum Gasteiger partial charge on any atom is 0.348 e. The second-order valence-corrected chi connectivity index (χ2v) is 7.15. The molecule has 0 aliphatic carbocycles. The lowest BCUT2D eigenvalue weighted by atomic mass is 10.2. The molecule has 0 fully saturated rings. The van der Waals surface area contributed by atoms with Crippen molar-refractivity contribution in [1.82, 2.24) is 9.97 Å². The summed E-state index contributed by atoms with van der Waals surface area (Å²) in [5, 5.41) is 0.354. The minimum Gasteiger partial charge on any atom is -0.465 e. The van der Waals surface area contributed by atoms with E-state index >= 15 is 0 Å². The number of aryl methyl sites for hydroxylation is 1. The van der Waals surface area contributed by atoms with Gasteiger partial charge in [0.25, 0.3) is 5.56 Å². The van der Waals surface area contributed by atoms with Crippen molar-refractivity contribution in [2.75, 3.05) is 7.11 Å². The van der Waals surface area contributed by atoms with Gasteiger partial charge >= 0.3 is 5.97 Å². The van der Waals surface area contributed by atoms with Crippen molar-refractivity contribution >= 4 is 39.3 Å². The van der Waals surface area contributed by atoms with Gasteiger partial charge in [0.2, 0.25) is 0 Å². The fourth-order valence-corrected chi connectivity index (χ4v) is 4.17. The summed E-state index contributed by atoms with van der Waals surface area (Å²) >= 11 is 2.30. The molecule has 25 heavy (non-hydrogen) atoms. The minimum absolute atomic E-state index is 0.265. The molecule has 0 unspecified atom stereocenters. The molecule has 2 heterocycles. The maximum atomic E-state index is 13.2. The number of aromatic nitrogens is 2. The number of hydrogen-bond acceptors (Lipinski definition) is 6. The highest BCUT2D eigenvalue weighted by Gasteiger charge is 2.19. The van der Waals surface area contributed by atoms with Crippen LogP contribution < -0.4 is 5.56 Å². The molecule has 0 aliphatic rings. The normalized spacial score (nSPS) is 11.0. The summed E-state index contributed by atoms with van der Waals surface area (Å²) in [5.74, 6) is -1.72. The van der Waals surface area contributed by atoms with E-state index in [-0.39, 0.29) is 11.3 Å². The first kappa shape index (κ1) is 17.6. The summed E-state index contributed by atoms with van der Waals surface area (Å²) < 4.78 is 30.9. The Morgan fingerprint density at radius 3 is 2.80 bits per heavy atom. The first-order valence-electron chi connectivity index (χ1n) is 7.09. The average molecular weight is 382 g/mol. The molecule has 0 saturated heterocycles. The molecule has 0 saturated carbocycles. The standard InChI is InChI=1S/C16H12F2N2O3S2/c1-7-12-14(21)19-11(20-15(12)25-13(7)16(22)23-2)6-24-8-3-4-9(17)10(18)5-8/h3-5H,6H2,1-2H3,(H,19,20,21). The number of thiophene rings is 1. The molecule has 2 aromatic heterocycles. The van der Waals surface area contributed by atoms with Gasteiger partial charge in [0, 0.05) is 4.90 Å². The highest BCUT2D eigenvalue weighted by atomic mass is 32.2. The quantitative estimate of drug-likeness (QED) is 0.551. The van der Waals surface area contributed by atoms with Crippen LogP contribution in [0.2, 0.25) is 0 Å². The number of fused-ring (bicyclic) bond motifs is 1. The van der Waals surface area contributed by atoms with E-state index in [4.69, 9.17) is 4.74 Å². The Labute approximate surface area is 149 Å². The molecule has 1 aromatic carbocycles. The number of aromatic amines is 1. The molecule has 0 spiro atoms. The molecule has 130 valence electrons. The topological polar surface area (TPSA) is 72.0 Å². The van der Waals surface area contributed by atoms with E-state index in [1.54, 1.807) is 6.92 Å². The van der Waals surface area contributed by atoms with Gasteiger partial charge < -0.3 is 9.72 Å². The van der Waals surface area contributed by atoms with Crippen molar-refractivity contribution in [3.05, 3.63) is 56.5 Å². The number of halogens is 2. The zero-order chi connectivity index (χ0) is 18.1. The van der Waals surface area contributed by atoms with Crippen molar-refractivity contribution in [2.24, 2.45) is 0 Å². The van der Waals surface area contributed by atoms with Crippen LogP contribution in [0, 0.1) is 18.6 Å². The molecule has 5 nitrogen and oxygen atoms in total. The van der Waals surface area contributed by atoms with Gasteiger partial charge in [0.1, 0.15) is 15.5 Å². The highest BCUT2D eigenvalue weighted by molar-refractivity contribution is 7.98. The van der Waals surface area contributed by atoms with Crippen molar-refractivity contribution in [3.8, 4) is 0 Å². The molecular weight excluding hydrogens is 370 g/mol. The number of carbonyl (C=O) groups excluding carboxylic acids is 1. The predicted molar refractivity (Wildman–Crippen MR) is 92.2 cm³/mol. The largest absolute Gasteiger partial charge is 0.465 e. The number of nitrogens with zero attached hydrogens (tertiary/aromatic N) is 1. The van der Waals surface area contributed by atoms with Crippen LogP contribution in [0.3, 0.4) is 0 Å². The Morgan fingerprint density at radius 1 is 1.36 bits per heavy atom. The van der Waals surface area contributed by atoms with Crippen LogP contribution in [0.1, 0.15) is 21.1 Å². The molecule has 0 radical (unpaired) electrons. The molecule has 1 N–H and O–H groups in total. The smallest absolute Gasteiger partial charge is 0.348 e. The SMILES string of the molecule is COC(=O)c1sc2nc(CSc3ccc(F)c(F)c3)[nH]c(=O)c2c1C. The molecule has 0 bridgehead atoms. The molecule has 9 heteroatoms. The molecular formula is C16H12F2N2O3S2. The van der Waals surface area contributed by atoms with Crippen LogP contribution in [0.15, 0.2) is 27.9 Å². The van der Waals surface area contributed by atoms with E-state index in [0.717, 1.165) is 23.5 Å². The minimum atomic E-state index is -0.932. The second kappa shape index (κ2) is 6.93. The number of benzene rings is 1. The Balaban J connectivity index is 1.91. The lowest BCUT2D eigenvalue weighted by Crippen LogP contribution is -2.11. The van der Waals surface area contributed by atoms with Gasteiger partial charge in [-0.25, -0.2) is 18.6 Å². The number of hydrogen-bond donors (Lipinski definition) is 1. The summed E-state index contributed by atoms with van der Waals surface area (Å²) in [7, 11) is 1.27. The van der Waals surface area contributed by atoms with Crippen molar-refractivity contribution < 1.29 is 18.3 Å². The number of carbonyl (C=O) groups is 1. The van der Waals surface area contributed by atoms with Crippen LogP contribution in [0.4, 0.5) is 8.78 Å². The van der Waals surface area contributed by atoms with Crippen LogP contribution in [0.5, 0.6) is 0 Å². The Hall–Kier alpha value is -2.26. The van der Waals surface area contributed by atoms with Gasteiger partial charge in [0.15, 0.2) is 11.6 Å². The van der Waals surface area contributed by atoms with Crippen molar-refractivity contribution in [1.29, 1.82) is 0 Å². The number of rotatable bonds is 4. The van der Waals surface area contributed by atoms with Gasteiger partial charge in [-0.1, -0.05) is 0 Å². The average Bonchev–Trinajstić information content (AvgIpc) is 2.92. The van der Waals surface area contributed by atoms with E-state index in [1.807, 2.05) is 0 Å². The van der Waals surface area contributed by atoms with Gasteiger partial charge in [0.05, 0.1) is 18.2 Å². The van der Waals surface area contributed by atoms with Crippen LogP contribution in [-0.4, -0.2) is 23.0 Å². The van der Waals surface area contributed by atoms with E-state index in [0.29, 0.717) is 31.4 Å². The zero-order valence-electron chi connectivity index (χ0n) is 13.2. The summed E-state index contributed by atoms with van der Waals surface area (Å²) in [6.07, 6.45) is 0. The lowest BCUT2D eigenvalue weighted by molar-refractivity contribution is 0.0605. The summed E-state index contributed by atoms with van der Waals surface area (Å²) in [4.78, 5) is 32.3. The first-order valence-corrected chi connectivity index (χ1v) is 8.89. The Morgan fingerprint density at radius 2 is 2.12 bits per heavy atom. The first-order chi connectivity index (χ1) is 11.9. The number of H-pyrrole nitrogens is 1. The summed E-state index contributed by atoms with van der Waals surface area (Å²) in [6.45, 7) is 1.66. The number of methoxy groups -OCH3 is 1. The number of nitrogens with one attached hydrogen (secondary N) is 1. The Bertz CT molecular complexity index is 1030. The molecule has 0 aliphatic heterocycles. The fraction of sp³-hybridized carbons (Fsp3) is 0.188. The molecule has 3 rings (SSSR count). The fourth-order valence-electron chi connectivity index (χ4n) is 2.26. The maximum absolute atomic E-state index is 13.2. The van der Waals surface area contributed by atoms with E-state index in [2.05, 4.69) is 9.97 Å². The molecule has 0 atom stereocenters. The van der Waals surface area contributed by atoms with Gasteiger partial charge in [-0.05, 0) is 30.7 Å². The van der Waals surface area contributed by atoms with Crippen molar-refractivity contribution in [3.63, 3.8) is 0 Å². The van der Waals surface area contributed by atoms with E-state index in [1.165, 1.54) is 24.9 Å². The number of thioether (sulfide) groups is 1. The van der Waals surface area contributed by atoms with Crippen molar-refractivity contribution in [2.45, 2.75) is 17.6 Å². The van der Waals surface area contributed by atoms with Gasteiger partial charge in [-0.15, -0.1) is 23.1 Å². The third kappa shape index (κ3) is 3.42. The number of ether oxygens (including phenoxy) is 1. The number of esters is 1. The Kier molecular flexibility index (Phi) is 4.87. The van der Waals surface area contributed by atoms with E-state index < -0.39 is 17.6 Å². The predicted octanol–water partition coefficient (Wildman–Crippen LogP) is 3.65. The van der Waals surface area contributed by atoms with E-state index in [9.17, 15) is 18.4 Å². The lowest BCUT2D eigenvalue weighted by Gasteiger charge is -2.02. The monoisotopic (exact) mass is 382 g/mol. The van der Waals surface area contributed by atoms with Crippen LogP contribution in [-0.2, 0) is 10.5 Å². The van der Waals surface area contributed by atoms with Gasteiger partial charge in [-0.2, -0.15) is 0 Å². The zero-order valence-corrected chi connectivity index (χ0v) is 14.8. The summed E-state index contributed by atoms with van der Waals surface area (Å²) in [6, 6.07) is 3.58. The second-order valence-electron chi connectivity index (χ2n) is 5.11. The van der Waals surface area contributed by atoms with Crippen LogP contribution >= 0.6 is 23.1 Å².